The number of allylic oxidation sites excluding steroid dienone is 4. The summed E-state index contributed by atoms with van der Waals surface area (Å²) in [6.07, 6.45) is 5.06. The molecule has 1 aliphatic carbocycles. The number of carbonyl (C=O) groups excluding carboxylic acids is 1. The number of nitrogens with zero attached hydrogens (tertiary/aromatic N) is 1. The Labute approximate surface area is 125 Å². The summed E-state index contributed by atoms with van der Waals surface area (Å²) in [6.45, 7) is 4.39. The molecule has 1 aliphatic heterocycles. The number of phenols is 1. The maximum absolute atomic E-state index is 11.6. The quantitative estimate of drug-likeness (QED) is 0.427. The van der Waals surface area contributed by atoms with Crippen LogP contribution in [0.1, 0.15) is 0 Å². The number of phenolic OH excluding ortho intramolecular Hbond substituents is 1. The summed E-state index contributed by atoms with van der Waals surface area (Å²) >= 11 is 2.17. The molecule has 1 N–H and O–H groups in total. The van der Waals surface area contributed by atoms with Crippen LogP contribution in [0.3, 0.4) is 0 Å². The Morgan fingerprint density at radius 3 is 2.74 bits per heavy atom. The van der Waals surface area contributed by atoms with Crippen molar-refractivity contribution < 1.29 is 9.90 Å². The Hall–Kier alpha value is -1.21. The number of rotatable bonds is 0. The summed E-state index contributed by atoms with van der Waals surface area (Å²) in [6, 6.07) is 3.54. The molecule has 0 unspecified atom stereocenters. The van der Waals surface area contributed by atoms with E-state index in [0.29, 0.717) is 0 Å². The van der Waals surface area contributed by atoms with Crippen molar-refractivity contribution in [2.45, 2.75) is 13.1 Å². The maximum Gasteiger partial charge on any atom is 0.178 e. The molecule has 3 rings (SSSR count). The van der Waals surface area contributed by atoms with E-state index in [4.69, 9.17) is 0 Å². The minimum Gasteiger partial charge on any atom is -0.507 e. The Bertz CT molecular complexity index is 702. The third kappa shape index (κ3) is 1.83. The Balaban J connectivity index is 2.36. The molecular weight excluding hydrogens is 369 g/mol. The average molecular weight is 381 g/mol. The topological polar surface area (TPSA) is 49.7 Å². The number of hydrogen-bond donors (Lipinski definition) is 1. The van der Waals surface area contributed by atoms with E-state index in [1.165, 1.54) is 0 Å². The van der Waals surface area contributed by atoms with Crippen LogP contribution in [-0.2, 0) is 4.79 Å². The number of fused-ring (bicyclic) bond motifs is 2. The fourth-order valence-corrected chi connectivity index (χ4v) is 8.11. The molecule has 19 heavy (non-hydrogen) atoms. The van der Waals surface area contributed by atoms with Crippen LogP contribution < -0.4 is 5.19 Å². The zero-order chi connectivity index (χ0) is 13.8. The molecule has 1 aromatic carbocycles. The number of halogens is 1. The average Bonchev–Trinajstić information content (AvgIpc) is 2.35. The van der Waals surface area contributed by atoms with Gasteiger partial charge in [-0.3, -0.25) is 4.79 Å². The van der Waals surface area contributed by atoms with Gasteiger partial charge in [0.2, 0.25) is 0 Å². The van der Waals surface area contributed by atoms with Crippen molar-refractivity contribution in [2.75, 3.05) is 0 Å². The highest BCUT2D eigenvalue weighted by Gasteiger charge is 2.39. The number of aromatic hydroxyl groups is 1. The van der Waals surface area contributed by atoms with E-state index in [0.717, 1.165) is 25.4 Å². The van der Waals surface area contributed by atoms with Gasteiger partial charge in [0.05, 0.1) is 15.0 Å². The molecule has 0 radical (unpaired) electrons. The molecule has 0 bridgehead atoms. The van der Waals surface area contributed by atoms with E-state index in [2.05, 4.69) is 40.7 Å². The molecule has 3 nitrogen and oxygen atoms in total. The summed E-state index contributed by atoms with van der Waals surface area (Å²) in [5.74, 6) is 0.310. The molecule has 1 heterocycles. The Morgan fingerprint density at radius 2 is 2.00 bits per heavy atom. The van der Waals surface area contributed by atoms with Crippen LogP contribution in [-0.4, -0.2) is 24.7 Å². The Morgan fingerprint density at radius 1 is 1.26 bits per heavy atom. The Kier molecular flexibility index (Phi) is 2.79. The molecule has 0 saturated heterocycles. The first-order valence-electron chi connectivity index (χ1n) is 5.96. The van der Waals surface area contributed by atoms with Gasteiger partial charge in [0.1, 0.15) is 13.8 Å². The van der Waals surface area contributed by atoms with Crippen LogP contribution in [0, 0.1) is 3.57 Å². The van der Waals surface area contributed by atoms with Gasteiger partial charge in [-0.1, -0.05) is 13.1 Å². The number of hydrogen-bond acceptors (Lipinski definition) is 3. The van der Waals surface area contributed by atoms with Crippen molar-refractivity contribution >= 4 is 53.0 Å². The molecule has 0 amide bonds. The monoisotopic (exact) mass is 381 g/mol. The van der Waals surface area contributed by atoms with E-state index < -0.39 is 8.07 Å². The molecule has 0 fully saturated rings. The first-order chi connectivity index (χ1) is 8.91. The van der Waals surface area contributed by atoms with Gasteiger partial charge < -0.3 is 5.11 Å². The minimum absolute atomic E-state index is 0.0214. The van der Waals surface area contributed by atoms with Gasteiger partial charge in [-0.05, 0) is 63.3 Å². The normalized spacial score (nSPS) is 19.4. The van der Waals surface area contributed by atoms with Crippen LogP contribution >= 0.6 is 22.6 Å². The summed E-state index contributed by atoms with van der Waals surface area (Å²) in [4.78, 5) is 16.2. The predicted octanol–water partition coefficient (Wildman–Crippen LogP) is 2.60. The zero-order valence-electron chi connectivity index (χ0n) is 10.6. The van der Waals surface area contributed by atoms with E-state index >= 15 is 0 Å². The second-order valence-corrected chi connectivity index (χ2v) is 10.6. The van der Waals surface area contributed by atoms with Crippen LogP contribution in [0.2, 0.25) is 13.1 Å². The molecule has 0 aromatic heterocycles. The second-order valence-electron chi connectivity index (χ2n) is 5.21. The third-order valence-electron chi connectivity index (χ3n) is 3.61. The van der Waals surface area contributed by atoms with Gasteiger partial charge in [0.25, 0.3) is 0 Å². The smallest absolute Gasteiger partial charge is 0.178 e. The van der Waals surface area contributed by atoms with E-state index in [-0.39, 0.29) is 11.5 Å². The number of benzene rings is 1. The standard InChI is InChI=1S/C14H12INO2Si/c1-19(2)12-7-8(17)3-4-9(12)16-10-5-6-11(18)13(15)14(10)19/h3-7,18H,1-2H3. The van der Waals surface area contributed by atoms with Gasteiger partial charge in [-0.25, -0.2) is 4.99 Å². The third-order valence-corrected chi connectivity index (χ3v) is 8.71. The fraction of sp³-hybridized carbons (Fsp3) is 0.143. The van der Waals surface area contributed by atoms with Crippen LogP contribution in [0.5, 0.6) is 5.75 Å². The van der Waals surface area contributed by atoms with Crippen molar-refractivity contribution in [2.24, 2.45) is 4.99 Å². The second kappa shape index (κ2) is 4.14. The van der Waals surface area contributed by atoms with Crippen molar-refractivity contribution in [3.63, 3.8) is 0 Å². The van der Waals surface area contributed by atoms with Crippen LogP contribution in [0.4, 0.5) is 5.69 Å². The predicted molar refractivity (Wildman–Crippen MR) is 87.3 cm³/mol. The van der Waals surface area contributed by atoms with Crippen molar-refractivity contribution in [3.8, 4) is 5.75 Å². The summed E-state index contributed by atoms with van der Waals surface area (Å²) in [5.41, 5.74) is 1.82. The molecule has 0 saturated carbocycles. The first kappa shape index (κ1) is 12.8. The van der Waals surface area contributed by atoms with Gasteiger partial charge in [0.15, 0.2) is 5.78 Å². The number of carbonyl (C=O) groups is 1. The fourth-order valence-electron chi connectivity index (χ4n) is 2.62. The van der Waals surface area contributed by atoms with Crippen molar-refractivity contribution in [3.05, 3.63) is 39.1 Å². The molecular formula is C14H12INO2Si. The molecule has 0 spiro atoms. The molecule has 5 heteroatoms. The summed E-state index contributed by atoms with van der Waals surface area (Å²) < 4.78 is 0.859. The van der Waals surface area contributed by atoms with E-state index in [9.17, 15) is 9.90 Å². The zero-order valence-corrected chi connectivity index (χ0v) is 13.7. The highest BCUT2D eigenvalue weighted by Crippen LogP contribution is 2.34. The molecule has 1 aromatic rings. The lowest BCUT2D eigenvalue weighted by atomic mass is 10.1. The highest BCUT2D eigenvalue weighted by atomic mass is 127. The first-order valence-corrected chi connectivity index (χ1v) is 10.0. The van der Waals surface area contributed by atoms with Crippen LogP contribution in [0.15, 0.2) is 40.5 Å². The molecule has 0 atom stereocenters. The lowest BCUT2D eigenvalue weighted by molar-refractivity contribution is -0.110. The number of aliphatic imine (C=N–C) groups is 1. The lowest BCUT2D eigenvalue weighted by Gasteiger charge is -2.33. The SMILES string of the molecule is C[Si]1(C)C2=CC(=O)C=CC2=Nc2ccc(O)c(I)c21. The summed E-state index contributed by atoms with van der Waals surface area (Å²) in [5, 5.41) is 12.1. The minimum atomic E-state index is -2.00. The van der Waals surface area contributed by atoms with Gasteiger partial charge in [0, 0.05) is 0 Å². The molecule has 2 aliphatic rings. The van der Waals surface area contributed by atoms with Gasteiger partial charge >= 0.3 is 0 Å². The van der Waals surface area contributed by atoms with Crippen molar-refractivity contribution in [1.82, 2.24) is 0 Å². The van der Waals surface area contributed by atoms with Crippen molar-refractivity contribution in [1.29, 1.82) is 0 Å². The summed E-state index contributed by atoms with van der Waals surface area (Å²) in [7, 11) is -2.00. The van der Waals surface area contributed by atoms with Crippen LogP contribution in [0.25, 0.3) is 0 Å². The van der Waals surface area contributed by atoms with Gasteiger partial charge in [-0.15, -0.1) is 0 Å². The highest BCUT2D eigenvalue weighted by molar-refractivity contribution is 14.1. The van der Waals surface area contributed by atoms with Gasteiger partial charge in [-0.2, -0.15) is 0 Å². The number of ketones is 1. The largest absolute Gasteiger partial charge is 0.507 e. The maximum atomic E-state index is 11.6. The molecule has 96 valence electrons. The van der Waals surface area contributed by atoms with E-state index in [1.54, 1.807) is 24.3 Å². The lowest BCUT2D eigenvalue weighted by Crippen LogP contribution is -2.50. The van der Waals surface area contributed by atoms with E-state index in [1.807, 2.05) is 6.07 Å².